The minimum atomic E-state index is 0.128. The fourth-order valence-electron chi connectivity index (χ4n) is 3.22. The largest absolute Gasteiger partial charge is 0.497 e. The van der Waals surface area contributed by atoms with Crippen LogP contribution in [0.3, 0.4) is 0 Å². The van der Waals surface area contributed by atoms with Gasteiger partial charge in [-0.3, -0.25) is 9.69 Å². The summed E-state index contributed by atoms with van der Waals surface area (Å²) in [6.45, 7) is 2.16. The number of amides is 1. The lowest BCUT2D eigenvalue weighted by molar-refractivity contribution is -0.121. The van der Waals surface area contributed by atoms with Crippen LogP contribution in [-0.2, 0) is 11.2 Å². The fourth-order valence-corrected chi connectivity index (χ4v) is 3.22. The third kappa shape index (κ3) is 7.74. The zero-order valence-corrected chi connectivity index (χ0v) is 15.7. The van der Waals surface area contributed by atoms with Gasteiger partial charge in [-0.05, 0) is 76.2 Å². The number of benzene rings is 1. The van der Waals surface area contributed by atoms with Crippen LogP contribution >= 0.6 is 0 Å². The van der Waals surface area contributed by atoms with E-state index in [1.165, 1.54) is 36.8 Å². The monoisotopic (exact) mass is 344 g/mol. The second-order valence-corrected chi connectivity index (χ2v) is 6.90. The van der Waals surface area contributed by atoms with Gasteiger partial charge in [-0.2, -0.15) is 0 Å². The lowest BCUT2D eigenvalue weighted by Gasteiger charge is -2.17. The number of nitrogens with zero attached hydrogens (tertiary/aromatic N) is 1. The van der Waals surface area contributed by atoms with Gasteiger partial charge in [0, 0.05) is 6.54 Å². The number of hydrogen-bond donors (Lipinski definition) is 1. The molecule has 2 rings (SSSR count). The van der Waals surface area contributed by atoms with E-state index in [0.29, 0.717) is 6.54 Å². The van der Waals surface area contributed by atoms with Crippen molar-refractivity contribution >= 4 is 5.91 Å². The Balaban J connectivity index is 1.56. The Labute approximate surface area is 152 Å². The van der Waals surface area contributed by atoms with Crippen LogP contribution < -0.4 is 10.1 Å². The molecule has 0 aliphatic heterocycles. The van der Waals surface area contributed by atoms with Crippen LogP contribution in [0.5, 0.6) is 5.75 Å². The predicted octanol–water partition coefficient (Wildman–Crippen LogP) is 3.57. The Morgan fingerprint density at radius 2 is 2.00 bits per heavy atom. The van der Waals surface area contributed by atoms with Crippen LogP contribution in [0.15, 0.2) is 35.9 Å². The highest BCUT2D eigenvalue weighted by Crippen LogP contribution is 2.19. The summed E-state index contributed by atoms with van der Waals surface area (Å²) in [6.07, 6.45) is 10.5. The molecule has 0 atom stereocenters. The van der Waals surface area contributed by atoms with Gasteiger partial charge in [-0.25, -0.2) is 0 Å². The standard InChI is InChI=1S/C21H32N2O2/c1-23(16-6-9-19-10-12-20(25-2)13-11-19)17-21(24)22-15-14-18-7-4-3-5-8-18/h7,10-13H,3-6,8-9,14-17H2,1-2H3,(H,22,24). The molecule has 1 N–H and O–H groups in total. The maximum atomic E-state index is 12.0. The zero-order valence-electron chi connectivity index (χ0n) is 15.7. The first kappa shape index (κ1) is 19.5. The van der Waals surface area contributed by atoms with Crippen molar-refractivity contribution in [1.82, 2.24) is 10.2 Å². The molecule has 0 heterocycles. The van der Waals surface area contributed by atoms with Crippen LogP contribution in [0, 0.1) is 0 Å². The van der Waals surface area contributed by atoms with E-state index in [2.05, 4.69) is 28.4 Å². The van der Waals surface area contributed by atoms with Crippen LogP contribution in [0.2, 0.25) is 0 Å². The highest BCUT2D eigenvalue weighted by Gasteiger charge is 2.08. The number of carbonyl (C=O) groups is 1. The molecule has 1 aliphatic rings. The quantitative estimate of drug-likeness (QED) is 0.660. The maximum Gasteiger partial charge on any atom is 0.234 e. The van der Waals surface area contributed by atoms with E-state index in [4.69, 9.17) is 4.74 Å². The van der Waals surface area contributed by atoms with Gasteiger partial charge in [-0.15, -0.1) is 0 Å². The summed E-state index contributed by atoms with van der Waals surface area (Å²) in [5.41, 5.74) is 2.82. The minimum Gasteiger partial charge on any atom is -0.497 e. The van der Waals surface area contributed by atoms with Gasteiger partial charge in [-0.1, -0.05) is 23.8 Å². The van der Waals surface area contributed by atoms with E-state index in [9.17, 15) is 4.79 Å². The number of rotatable bonds is 10. The van der Waals surface area contributed by atoms with Crippen molar-refractivity contribution in [2.45, 2.75) is 44.9 Å². The summed E-state index contributed by atoms with van der Waals surface area (Å²) in [5, 5.41) is 3.05. The normalized spacial score (nSPS) is 14.3. The molecule has 138 valence electrons. The van der Waals surface area contributed by atoms with Crippen molar-refractivity contribution in [1.29, 1.82) is 0 Å². The summed E-state index contributed by atoms with van der Waals surface area (Å²) in [7, 11) is 3.69. The second kappa shape index (κ2) is 10.9. The zero-order chi connectivity index (χ0) is 17.9. The molecule has 0 radical (unpaired) electrons. The van der Waals surface area contributed by atoms with Crippen molar-refractivity contribution in [3.63, 3.8) is 0 Å². The Bertz CT molecular complexity index is 552. The van der Waals surface area contributed by atoms with Gasteiger partial charge < -0.3 is 10.1 Å². The molecule has 1 amide bonds. The molecule has 1 aromatic carbocycles. The number of carbonyl (C=O) groups excluding carboxylic acids is 1. The summed E-state index contributed by atoms with van der Waals surface area (Å²) in [5.74, 6) is 1.02. The van der Waals surface area contributed by atoms with E-state index >= 15 is 0 Å². The van der Waals surface area contributed by atoms with Crippen molar-refractivity contribution in [3.8, 4) is 5.75 Å². The van der Waals surface area contributed by atoms with Crippen LogP contribution in [0.4, 0.5) is 0 Å². The lowest BCUT2D eigenvalue weighted by atomic mass is 9.97. The molecular formula is C21H32N2O2. The van der Waals surface area contributed by atoms with E-state index < -0.39 is 0 Å². The molecular weight excluding hydrogens is 312 g/mol. The van der Waals surface area contributed by atoms with E-state index in [1.807, 2.05) is 19.2 Å². The summed E-state index contributed by atoms with van der Waals surface area (Å²) < 4.78 is 5.17. The third-order valence-electron chi connectivity index (χ3n) is 4.73. The molecule has 0 spiro atoms. The average Bonchev–Trinajstić information content (AvgIpc) is 2.63. The first-order valence-corrected chi connectivity index (χ1v) is 9.43. The summed E-state index contributed by atoms with van der Waals surface area (Å²) in [4.78, 5) is 14.1. The van der Waals surface area contributed by atoms with Gasteiger partial charge in [0.25, 0.3) is 0 Å². The van der Waals surface area contributed by atoms with Crippen molar-refractivity contribution in [3.05, 3.63) is 41.5 Å². The summed E-state index contributed by atoms with van der Waals surface area (Å²) >= 11 is 0. The van der Waals surface area contributed by atoms with Gasteiger partial charge in [0.1, 0.15) is 5.75 Å². The molecule has 0 aromatic heterocycles. The lowest BCUT2D eigenvalue weighted by Crippen LogP contribution is -2.36. The van der Waals surface area contributed by atoms with Gasteiger partial charge >= 0.3 is 0 Å². The Kier molecular flexibility index (Phi) is 8.53. The first-order chi connectivity index (χ1) is 12.2. The van der Waals surface area contributed by atoms with E-state index in [-0.39, 0.29) is 5.91 Å². The van der Waals surface area contributed by atoms with Gasteiger partial charge in [0.2, 0.25) is 5.91 Å². The van der Waals surface area contributed by atoms with E-state index in [0.717, 1.165) is 38.1 Å². The summed E-state index contributed by atoms with van der Waals surface area (Å²) in [6, 6.07) is 8.19. The number of aryl methyl sites for hydroxylation is 1. The number of ether oxygens (including phenoxy) is 1. The predicted molar refractivity (Wildman–Crippen MR) is 103 cm³/mol. The highest BCUT2D eigenvalue weighted by atomic mass is 16.5. The van der Waals surface area contributed by atoms with Gasteiger partial charge in [0.15, 0.2) is 0 Å². The fraction of sp³-hybridized carbons (Fsp3) is 0.571. The topological polar surface area (TPSA) is 41.6 Å². The number of allylic oxidation sites excluding steroid dienone is 1. The Morgan fingerprint density at radius 1 is 1.20 bits per heavy atom. The number of hydrogen-bond acceptors (Lipinski definition) is 3. The number of nitrogens with one attached hydrogen (secondary N) is 1. The molecule has 0 bridgehead atoms. The van der Waals surface area contributed by atoms with Crippen molar-refractivity contribution < 1.29 is 9.53 Å². The van der Waals surface area contributed by atoms with Crippen LogP contribution in [-0.4, -0.2) is 44.6 Å². The molecule has 1 aromatic rings. The van der Waals surface area contributed by atoms with Crippen LogP contribution in [0.25, 0.3) is 0 Å². The third-order valence-corrected chi connectivity index (χ3v) is 4.73. The Hall–Kier alpha value is -1.81. The molecule has 1 aliphatic carbocycles. The smallest absolute Gasteiger partial charge is 0.234 e. The van der Waals surface area contributed by atoms with E-state index in [1.54, 1.807) is 7.11 Å². The molecule has 0 saturated carbocycles. The molecule has 4 heteroatoms. The minimum absolute atomic E-state index is 0.128. The highest BCUT2D eigenvalue weighted by molar-refractivity contribution is 5.77. The van der Waals surface area contributed by atoms with Gasteiger partial charge in [0.05, 0.1) is 13.7 Å². The number of likely N-dealkylation sites (N-methyl/N-ethyl adjacent to an activating group) is 1. The molecule has 4 nitrogen and oxygen atoms in total. The second-order valence-electron chi connectivity index (χ2n) is 6.90. The molecule has 0 unspecified atom stereocenters. The van der Waals surface area contributed by atoms with Crippen molar-refractivity contribution in [2.24, 2.45) is 0 Å². The SMILES string of the molecule is COc1ccc(CCCN(C)CC(=O)NCCC2=CCCCC2)cc1. The molecule has 0 saturated heterocycles. The van der Waals surface area contributed by atoms with Crippen molar-refractivity contribution in [2.75, 3.05) is 33.8 Å². The Morgan fingerprint density at radius 3 is 2.68 bits per heavy atom. The molecule has 25 heavy (non-hydrogen) atoms. The average molecular weight is 344 g/mol. The molecule has 0 fully saturated rings. The maximum absolute atomic E-state index is 12.0. The van der Waals surface area contributed by atoms with Crippen LogP contribution in [0.1, 0.15) is 44.1 Å². The first-order valence-electron chi connectivity index (χ1n) is 9.43. The number of methoxy groups -OCH3 is 1.